The zero-order valence-electron chi connectivity index (χ0n) is 11.4. The molecule has 112 valence electrons. The molecular weight excluding hydrogens is 348 g/mol. The third-order valence-corrected chi connectivity index (χ3v) is 3.33. The van der Waals surface area contributed by atoms with Gasteiger partial charge in [-0.05, 0) is 41.4 Å². The number of rotatable bonds is 7. The maximum atomic E-state index is 12.0. The summed E-state index contributed by atoms with van der Waals surface area (Å²) in [6.07, 6.45) is 0.439. The van der Waals surface area contributed by atoms with Crippen molar-refractivity contribution in [2.75, 3.05) is 25.6 Å². The first kappa shape index (κ1) is 17.2. The maximum Gasteiger partial charge on any atom is 0.241 e. The van der Waals surface area contributed by atoms with Gasteiger partial charge in [0, 0.05) is 18.7 Å². The number of halogens is 2. The molecule has 0 aromatic heterocycles. The van der Waals surface area contributed by atoms with Crippen molar-refractivity contribution in [3.63, 3.8) is 0 Å². The number of methoxy groups -OCH3 is 1. The Morgan fingerprint density at radius 3 is 2.85 bits per heavy atom. The molecule has 0 spiro atoms. The molecule has 0 aliphatic heterocycles. The second-order valence-corrected chi connectivity index (χ2v) is 5.37. The Morgan fingerprint density at radius 1 is 1.55 bits per heavy atom. The van der Waals surface area contributed by atoms with Gasteiger partial charge in [-0.15, -0.1) is 0 Å². The van der Waals surface area contributed by atoms with Gasteiger partial charge in [0.15, 0.2) is 5.75 Å². The fourth-order valence-corrected chi connectivity index (χ4v) is 2.47. The molecule has 20 heavy (non-hydrogen) atoms. The van der Waals surface area contributed by atoms with E-state index in [1.54, 1.807) is 19.2 Å². The first-order valence-electron chi connectivity index (χ1n) is 6.16. The minimum Gasteiger partial charge on any atom is -0.491 e. The van der Waals surface area contributed by atoms with Crippen LogP contribution in [0.1, 0.15) is 13.3 Å². The quantitative estimate of drug-likeness (QED) is 0.779. The van der Waals surface area contributed by atoms with Gasteiger partial charge < -0.3 is 20.5 Å². The monoisotopic (exact) mass is 364 g/mol. The van der Waals surface area contributed by atoms with E-state index in [1.807, 2.05) is 6.92 Å². The van der Waals surface area contributed by atoms with Crippen molar-refractivity contribution < 1.29 is 14.3 Å². The van der Waals surface area contributed by atoms with Crippen molar-refractivity contribution in [2.45, 2.75) is 19.4 Å². The minimum atomic E-state index is -0.651. The van der Waals surface area contributed by atoms with Crippen LogP contribution in [-0.4, -0.2) is 32.3 Å². The third-order valence-electron chi connectivity index (χ3n) is 2.52. The summed E-state index contributed by atoms with van der Waals surface area (Å²) in [6.45, 7) is 2.75. The Balaban J connectivity index is 2.87. The molecular formula is C13H18BrClN2O3. The lowest BCUT2D eigenvalue weighted by atomic mass is 10.2. The van der Waals surface area contributed by atoms with Crippen LogP contribution in [-0.2, 0) is 9.53 Å². The second-order valence-electron chi connectivity index (χ2n) is 4.07. The first-order valence-corrected chi connectivity index (χ1v) is 7.33. The van der Waals surface area contributed by atoms with Crippen molar-refractivity contribution >= 4 is 39.1 Å². The van der Waals surface area contributed by atoms with E-state index in [2.05, 4.69) is 21.2 Å². The van der Waals surface area contributed by atoms with Gasteiger partial charge >= 0.3 is 0 Å². The summed E-state index contributed by atoms with van der Waals surface area (Å²) in [5.74, 6) is 0.223. The lowest BCUT2D eigenvalue weighted by molar-refractivity contribution is -0.117. The molecule has 1 aromatic rings. The number of anilines is 1. The Labute approximate surface area is 131 Å². The van der Waals surface area contributed by atoms with Crippen LogP contribution in [0, 0.1) is 0 Å². The normalized spacial score (nSPS) is 12.1. The smallest absolute Gasteiger partial charge is 0.241 e. The third kappa shape index (κ3) is 4.94. The van der Waals surface area contributed by atoms with Crippen LogP contribution in [0.4, 0.5) is 5.69 Å². The van der Waals surface area contributed by atoms with Crippen LogP contribution in [0.15, 0.2) is 16.6 Å². The van der Waals surface area contributed by atoms with Crippen LogP contribution >= 0.6 is 27.5 Å². The summed E-state index contributed by atoms with van der Waals surface area (Å²) in [6, 6.07) is 2.67. The molecule has 1 unspecified atom stereocenters. The van der Waals surface area contributed by atoms with E-state index >= 15 is 0 Å². The van der Waals surface area contributed by atoms with Crippen LogP contribution in [0.3, 0.4) is 0 Å². The first-order chi connectivity index (χ1) is 9.49. The molecule has 3 N–H and O–H groups in total. The highest BCUT2D eigenvalue weighted by Gasteiger charge is 2.17. The van der Waals surface area contributed by atoms with Gasteiger partial charge in [0.05, 0.1) is 22.8 Å². The fraction of sp³-hybridized carbons (Fsp3) is 0.462. The van der Waals surface area contributed by atoms with Gasteiger partial charge in [-0.1, -0.05) is 11.6 Å². The van der Waals surface area contributed by atoms with Crippen molar-refractivity contribution in [3.05, 3.63) is 21.6 Å². The molecule has 0 saturated heterocycles. The maximum absolute atomic E-state index is 12.0. The summed E-state index contributed by atoms with van der Waals surface area (Å²) < 4.78 is 11.1. The van der Waals surface area contributed by atoms with Crippen molar-refractivity contribution in [3.8, 4) is 5.75 Å². The standard InChI is InChI=1S/C13H18BrClN2O3/c1-3-20-12-9(14)6-8(15)7-11(12)17-13(18)10(16)4-5-19-2/h6-7,10H,3-5,16H2,1-2H3,(H,17,18). The van der Waals surface area contributed by atoms with Crippen LogP contribution < -0.4 is 15.8 Å². The van der Waals surface area contributed by atoms with Crippen LogP contribution in [0.2, 0.25) is 5.02 Å². The molecule has 1 rings (SSSR count). The minimum absolute atomic E-state index is 0.308. The van der Waals surface area contributed by atoms with Crippen LogP contribution in [0.25, 0.3) is 0 Å². The van der Waals surface area contributed by atoms with E-state index in [0.29, 0.717) is 40.6 Å². The Hall–Kier alpha value is -0.820. The Kier molecular flexibility index (Phi) is 7.29. The number of benzene rings is 1. The fourth-order valence-electron chi connectivity index (χ4n) is 1.55. The zero-order valence-corrected chi connectivity index (χ0v) is 13.8. The molecule has 0 fully saturated rings. The molecule has 0 aliphatic rings. The number of nitrogens with one attached hydrogen (secondary N) is 1. The highest BCUT2D eigenvalue weighted by molar-refractivity contribution is 9.10. The summed E-state index contributed by atoms with van der Waals surface area (Å²) in [5.41, 5.74) is 6.26. The molecule has 1 aromatic carbocycles. The second kappa shape index (κ2) is 8.46. The van der Waals surface area contributed by atoms with Gasteiger partial charge in [0.1, 0.15) is 0 Å². The predicted octanol–water partition coefficient (Wildman–Crippen LogP) is 2.80. The average Bonchev–Trinajstić information content (AvgIpc) is 2.39. The molecule has 0 saturated carbocycles. The van der Waals surface area contributed by atoms with E-state index in [9.17, 15) is 4.79 Å². The number of hydrogen-bond donors (Lipinski definition) is 2. The van der Waals surface area contributed by atoms with E-state index in [-0.39, 0.29) is 5.91 Å². The number of amides is 1. The number of nitrogens with two attached hydrogens (primary N) is 1. The summed E-state index contributed by atoms with van der Waals surface area (Å²) >= 11 is 9.34. The number of hydrogen-bond acceptors (Lipinski definition) is 4. The molecule has 1 amide bonds. The number of carbonyl (C=O) groups is 1. The largest absolute Gasteiger partial charge is 0.491 e. The average molecular weight is 366 g/mol. The van der Waals surface area contributed by atoms with Gasteiger partial charge in [0.2, 0.25) is 5.91 Å². The molecule has 0 heterocycles. The molecule has 0 aliphatic carbocycles. The lowest BCUT2D eigenvalue weighted by Gasteiger charge is -2.16. The highest BCUT2D eigenvalue weighted by Crippen LogP contribution is 2.36. The van der Waals surface area contributed by atoms with E-state index in [0.717, 1.165) is 0 Å². The van der Waals surface area contributed by atoms with Gasteiger partial charge in [-0.3, -0.25) is 4.79 Å². The van der Waals surface area contributed by atoms with Gasteiger partial charge in [-0.25, -0.2) is 0 Å². The van der Waals surface area contributed by atoms with Crippen molar-refractivity contribution in [2.24, 2.45) is 5.73 Å². The van der Waals surface area contributed by atoms with Crippen molar-refractivity contribution in [1.82, 2.24) is 0 Å². The summed E-state index contributed by atoms with van der Waals surface area (Å²) in [5, 5.41) is 3.21. The molecule has 1 atom stereocenters. The number of ether oxygens (including phenoxy) is 2. The zero-order chi connectivity index (χ0) is 15.1. The Morgan fingerprint density at radius 2 is 2.25 bits per heavy atom. The summed E-state index contributed by atoms with van der Waals surface area (Å²) in [7, 11) is 1.56. The van der Waals surface area contributed by atoms with Gasteiger partial charge in [-0.2, -0.15) is 0 Å². The van der Waals surface area contributed by atoms with Gasteiger partial charge in [0.25, 0.3) is 0 Å². The number of carbonyl (C=O) groups excluding carboxylic acids is 1. The molecule has 0 bridgehead atoms. The topological polar surface area (TPSA) is 73.6 Å². The van der Waals surface area contributed by atoms with Crippen LogP contribution in [0.5, 0.6) is 5.75 Å². The van der Waals surface area contributed by atoms with E-state index in [1.165, 1.54) is 0 Å². The predicted molar refractivity (Wildman–Crippen MR) is 83.4 cm³/mol. The molecule has 5 nitrogen and oxygen atoms in total. The molecule has 0 radical (unpaired) electrons. The lowest BCUT2D eigenvalue weighted by Crippen LogP contribution is -2.36. The van der Waals surface area contributed by atoms with E-state index in [4.69, 9.17) is 26.8 Å². The Bertz CT molecular complexity index is 471. The highest BCUT2D eigenvalue weighted by atomic mass is 79.9. The van der Waals surface area contributed by atoms with Crippen molar-refractivity contribution in [1.29, 1.82) is 0 Å². The SMILES string of the molecule is CCOc1c(Br)cc(Cl)cc1NC(=O)C(N)CCOC. The molecule has 7 heteroatoms. The summed E-state index contributed by atoms with van der Waals surface area (Å²) in [4.78, 5) is 12.0. The van der Waals surface area contributed by atoms with E-state index < -0.39 is 6.04 Å².